The second-order valence-corrected chi connectivity index (χ2v) is 6.32. The van der Waals surface area contributed by atoms with E-state index in [4.69, 9.17) is 4.74 Å². The molecule has 1 heterocycles. The van der Waals surface area contributed by atoms with E-state index in [1.807, 2.05) is 30.3 Å². The number of hydrogen-bond donors (Lipinski definition) is 0. The highest BCUT2D eigenvalue weighted by molar-refractivity contribution is 5.89. The van der Waals surface area contributed by atoms with Gasteiger partial charge in [0.25, 0.3) is 0 Å². The Balaban J connectivity index is 0.00000176. The second-order valence-electron chi connectivity index (χ2n) is 6.32. The number of benzene rings is 1. The van der Waals surface area contributed by atoms with Crippen LogP contribution in [0.3, 0.4) is 0 Å². The first-order chi connectivity index (χ1) is 10.3. The van der Waals surface area contributed by atoms with Gasteiger partial charge in [-0.05, 0) is 31.4 Å². The Morgan fingerprint density at radius 3 is 2.36 bits per heavy atom. The summed E-state index contributed by atoms with van der Waals surface area (Å²) in [5.74, 6) is -0.177. The summed E-state index contributed by atoms with van der Waals surface area (Å²) >= 11 is 0. The van der Waals surface area contributed by atoms with Crippen LogP contribution in [0.2, 0.25) is 0 Å². The molecule has 4 heteroatoms. The number of carbonyl (C=O) groups excluding carboxylic acids is 1. The summed E-state index contributed by atoms with van der Waals surface area (Å²) in [7, 11) is 0. The number of ether oxygens (including phenoxy) is 1. The second kappa shape index (κ2) is 8.54. The molecule has 1 aromatic rings. The minimum Gasteiger partial charge on any atom is -0.457 e. The van der Waals surface area contributed by atoms with Crippen molar-refractivity contribution in [1.82, 2.24) is 4.90 Å². The Bertz CT molecular complexity index is 457. The fourth-order valence-corrected chi connectivity index (χ4v) is 3.60. The van der Waals surface area contributed by atoms with E-state index in [1.165, 1.54) is 38.5 Å². The van der Waals surface area contributed by atoms with Crippen molar-refractivity contribution in [3.05, 3.63) is 35.9 Å². The lowest BCUT2D eigenvalue weighted by Crippen LogP contribution is -2.34. The summed E-state index contributed by atoms with van der Waals surface area (Å²) in [4.78, 5) is 14.6. The topological polar surface area (TPSA) is 29.5 Å². The molecule has 1 atom stereocenters. The predicted octanol–water partition coefficient (Wildman–Crippen LogP) is 4.06. The third-order valence-corrected chi connectivity index (χ3v) is 4.80. The highest BCUT2D eigenvalue weighted by atomic mass is 35.5. The van der Waals surface area contributed by atoms with E-state index in [1.54, 1.807) is 0 Å². The third-order valence-electron chi connectivity index (χ3n) is 4.80. The van der Waals surface area contributed by atoms with Gasteiger partial charge in [-0.1, -0.05) is 43.9 Å². The maximum atomic E-state index is 12.1. The van der Waals surface area contributed by atoms with E-state index in [9.17, 15) is 4.79 Å². The molecule has 0 bridgehead atoms. The molecule has 0 N–H and O–H groups in total. The molecule has 1 aliphatic heterocycles. The van der Waals surface area contributed by atoms with Gasteiger partial charge in [-0.3, -0.25) is 4.90 Å². The molecule has 1 unspecified atom stereocenters. The van der Waals surface area contributed by atoms with Gasteiger partial charge in [-0.2, -0.15) is 0 Å². The van der Waals surface area contributed by atoms with Gasteiger partial charge in [-0.25, -0.2) is 4.79 Å². The first-order valence-electron chi connectivity index (χ1n) is 8.33. The van der Waals surface area contributed by atoms with Gasteiger partial charge in [0, 0.05) is 19.1 Å². The highest BCUT2D eigenvalue weighted by Crippen LogP contribution is 2.26. The molecular formula is C18H26ClNO2. The lowest BCUT2D eigenvalue weighted by Gasteiger charge is -2.26. The van der Waals surface area contributed by atoms with Gasteiger partial charge >= 0.3 is 5.97 Å². The molecule has 3 nitrogen and oxygen atoms in total. The van der Waals surface area contributed by atoms with E-state index < -0.39 is 0 Å². The Hall–Kier alpha value is -1.06. The van der Waals surface area contributed by atoms with Gasteiger partial charge in [0.2, 0.25) is 0 Å². The van der Waals surface area contributed by atoms with Crippen LogP contribution in [0.4, 0.5) is 0 Å². The van der Waals surface area contributed by atoms with Gasteiger partial charge in [-0.15, -0.1) is 12.4 Å². The summed E-state index contributed by atoms with van der Waals surface area (Å²) in [5.41, 5.74) is 0.658. The summed E-state index contributed by atoms with van der Waals surface area (Å²) < 4.78 is 5.67. The van der Waals surface area contributed by atoms with Crippen LogP contribution in [-0.4, -0.2) is 36.1 Å². The van der Waals surface area contributed by atoms with Crippen LogP contribution in [0.5, 0.6) is 0 Å². The molecule has 1 saturated heterocycles. The molecule has 2 aliphatic rings. The van der Waals surface area contributed by atoms with Crippen LogP contribution in [0.25, 0.3) is 0 Å². The molecule has 0 amide bonds. The molecule has 122 valence electrons. The Morgan fingerprint density at radius 2 is 1.68 bits per heavy atom. The molecule has 1 aromatic carbocycles. The van der Waals surface area contributed by atoms with Gasteiger partial charge < -0.3 is 4.74 Å². The number of carbonyl (C=O) groups is 1. The van der Waals surface area contributed by atoms with Crippen LogP contribution in [0.15, 0.2) is 30.3 Å². The third kappa shape index (κ3) is 4.47. The number of rotatable bonds is 3. The normalized spacial score (nSPS) is 23.5. The smallest absolute Gasteiger partial charge is 0.338 e. The number of halogens is 1. The van der Waals surface area contributed by atoms with Crippen molar-refractivity contribution in [2.45, 2.75) is 57.1 Å². The fraction of sp³-hybridized carbons (Fsp3) is 0.611. The van der Waals surface area contributed by atoms with Crippen LogP contribution >= 0.6 is 12.4 Å². The Kier molecular flexibility index (Phi) is 6.71. The maximum Gasteiger partial charge on any atom is 0.338 e. The standard InChI is InChI=1S/C18H25NO2.ClH/c20-18(15-8-4-3-5-9-15)21-17-12-13-19(14-17)16-10-6-1-2-7-11-16;/h3-5,8-9,16-17H,1-2,6-7,10-14H2;1H. The van der Waals surface area contributed by atoms with Gasteiger partial charge in [0.05, 0.1) is 5.56 Å². The molecule has 1 aliphatic carbocycles. The van der Waals surface area contributed by atoms with E-state index >= 15 is 0 Å². The summed E-state index contributed by atoms with van der Waals surface area (Å²) in [6.45, 7) is 2.00. The zero-order chi connectivity index (χ0) is 14.5. The van der Waals surface area contributed by atoms with Crippen molar-refractivity contribution < 1.29 is 9.53 Å². The quantitative estimate of drug-likeness (QED) is 0.620. The van der Waals surface area contributed by atoms with Crippen LogP contribution < -0.4 is 0 Å². The molecule has 2 fully saturated rings. The summed E-state index contributed by atoms with van der Waals surface area (Å²) in [6.07, 6.45) is 9.17. The van der Waals surface area contributed by atoms with E-state index in [-0.39, 0.29) is 24.5 Å². The minimum absolute atomic E-state index is 0. The zero-order valence-corrected chi connectivity index (χ0v) is 13.9. The molecule has 22 heavy (non-hydrogen) atoms. The molecular weight excluding hydrogens is 298 g/mol. The largest absolute Gasteiger partial charge is 0.457 e. The zero-order valence-electron chi connectivity index (χ0n) is 13.1. The van der Waals surface area contributed by atoms with Crippen LogP contribution in [0.1, 0.15) is 55.3 Å². The van der Waals surface area contributed by atoms with Crippen LogP contribution in [-0.2, 0) is 4.74 Å². The van der Waals surface area contributed by atoms with Crippen molar-refractivity contribution >= 4 is 18.4 Å². The van der Waals surface area contributed by atoms with E-state index in [0.29, 0.717) is 11.6 Å². The molecule has 0 aromatic heterocycles. The molecule has 0 spiro atoms. The number of likely N-dealkylation sites (tertiary alicyclic amines) is 1. The lowest BCUT2D eigenvalue weighted by atomic mass is 10.1. The fourth-order valence-electron chi connectivity index (χ4n) is 3.60. The van der Waals surface area contributed by atoms with Gasteiger partial charge in [0.15, 0.2) is 0 Å². The minimum atomic E-state index is -0.177. The van der Waals surface area contributed by atoms with Gasteiger partial charge in [0.1, 0.15) is 6.10 Å². The summed E-state index contributed by atoms with van der Waals surface area (Å²) in [5, 5.41) is 0. The molecule has 0 radical (unpaired) electrons. The monoisotopic (exact) mass is 323 g/mol. The lowest BCUT2D eigenvalue weighted by molar-refractivity contribution is 0.0309. The average Bonchev–Trinajstić information content (AvgIpc) is 2.81. The van der Waals surface area contributed by atoms with E-state index in [2.05, 4.69) is 4.90 Å². The number of esters is 1. The first kappa shape index (κ1) is 17.3. The number of hydrogen-bond acceptors (Lipinski definition) is 3. The van der Waals surface area contributed by atoms with E-state index in [0.717, 1.165) is 19.5 Å². The predicted molar refractivity (Wildman–Crippen MR) is 90.6 cm³/mol. The Morgan fingerprint density at radius 1 is 1.00 bits per heavy atom. The highest BCUT2D eigenvalue weighted by Gasteiger charge is 2.30. The molecule has 1 saturated carbocycles. The molecule has 3 rings (SSSR count). The van der Waals surface area contributed by atoms with Crippen molar-refractivity contribution in [2.24, 2.45) is 0 Å². The van der Waals surface area contributed by atoms with Crippen molar-refractivity contribution in [3.63, 3.8) is 0 Å². The van der Waals surface area contributed by atoms with Crippen molar-refractivity contribution in [1.29, 1.82) is 0 Å². The SMILES string of the molecule is Cl.O=C(OC1CCN(C2CCCCCC2)C1)c1ccccc1. The maximum absolute atomic E-state index is 12.1. The van der Waals surface area contributed by atoms with Crippen LogP contribution in [0, 0.1) is 0 Å². The number of nitrogens with zero attached hydrogens (tertiary/aromatic N) is 1. The average molecular weight is 324 g/mol. The van der Waals surface area contributed by atoms with Crippen molar-refractivity contribution in [3.8, 4) is 0 Å². The summed E-state index contributed by atoms with van der Waals surface area (Å²) in [6, 6.07) is 10.0. The first-order valence-corrected chi connectivity index (χ1v) is 8.33. The Labute approximate surface area is 139 Å². The van der Waals surface area contributed by atoms with Crippen molar-refractivity contribution in [2.75, 3.05) is 13.1 Å².